The van der Waals surface area contributed by atoms with Crippen LogP contribution in [-0.4, -0.2) is 33.9 Å². The minimum absolute atomic E-state index is 0.00714. The zero-order valence-electron chi connectivity index (χ0n) is 14.9. The van der Waals surface area contributed by atoms with Crippen LogP contribution in [0.3, 0.4) is 0 Å². The molecule has 1 aromatic carbocycles. The maximum Gasteiger partial charge on any atom is 0.259 e. The quantitative estimate of drug-likeness (QED) is 0.715. The molecule has 0 aliphatic rings. The fourth-order valence-corrected chi connectivity index (χ4v) is 3.10. The van der Waals surface area contributed by atoms with Crippen molar-refractivity contribution in [2.24, 2.45) is 0 Å². The van der Waals surface area contributed by atoms with Gasteiger partial charge in [-0.05, 0) is 38.1 Å². The van der Waals surface area contributed by atoms with Gasteiger partial charge in [-0.25, -0.2) is 23.7 Å². The Morgan fingerprint density at radius 3 is 2.56 bits per heavy atom. The molecular formula is C18H17F2N5OS. The summed E-state index contributed by atoms with van der Waals surface area (Å²) in [4.78, 5) is 26.0. The maximum absolute atomic E-state index is 14.7. The van der Waals surface area contributed by atoms with E-state index in [0.717, 1.165) is 0 Å². The van der Waals surface area contributed by atoms with Crippen molar-refractivity contribution in [1.29, 1.82) is 0 Å². The van der Waals surface area contributed by atoms with Gasteiger partial charge in [0.25, 0.3) is 5.91 Å². The Morgan fingerprint density at radius 1 is 1.19 bits per heavy atom. The highest BCUT2D eigenvalue weighted by Gasteiger charge is 2.20. The van der Waals surface area contributed by atoms with Gasteiger partial charge in [0, 0.05) is 24.0 Å². The summed E-state index contributed by atoms with van der Waals surface area (Å²) in [5.74, 6) is -1.27. The summed E-state index contributed by atoms with van der Waals surface area (Å²) >= 11 is 1.18. The average molecular weight is 389 g/mol. The van der Waals surface area contributed by atoms with Crippen molar-refractivity contribution in [1.82, 2.24) is 15.0 Å². The van der Waals surface area contributed by atoms with Crippen molar-refractivity contribution >= 4 is 28.2 Å². The predicted octanol–water partition coefficient (Wildman–Crippen LogP) is 3.98. The first kappa shape index (κ1) is 18.8. The lowest BCUT2D eigenvalue weighted by molar-refractivity contribution is 0.0993. The lowest BCUT2D eigenvalue weighted by Gasteiger charge is -2.13. The Kier molecular flexibility index (Phi) is 5.41. The number of rotatable bonds is 5. The van der Waals surface area contributed by atoms with Gasteiger partial charge >= 0.3 is 0 Å². The van der Waals surface area contributed by atoms with Gasteiger partial charge in [-0.1, -0.05) is 0 Å². The predicted molar refractivity (Wildman–Crippen MR) is 101 cm³/mol. The third kappa shape index (κ3) is 4.08. The molecule has 0 radical (unpaired) electrons. The highest BCUT2D eigenvalue weighted by Crippen LogP contribution is 2.29. The molecule has 0 spiro atoms. The summed E-state index contributed by atoms with van der Waals surface area (Å²) in [7, 11) is 1.55. The van der Waals surface area contributed by atoms with Crippen LogP contribution < -0.4 is 10.2 Å². The Morgan fingerprint density at radius 2 is 1.89 bits per heavy atom. The van der Waals surface area contributed by atoms with Gasteiger partial charge in [0.2, 0.25) is 0 Å². The fourth-order valence-electron chi connectivity index (χ4n) is 2.32. The minimum Gasteiger partial charge on any atom is -0.365 e. The van der Waals surface area contributed by atoms with E-state index < -0.39 is 11.6 Å². The molecule has 0 saturated heterocycles. The third-order valence-electron chi connectivity index (χ3n) is 3.63. The molecule has 6 nitrogen and oxygen atoms in total. The molecule has 2 heterocycles. The first-order valence-corrected chi connectivity index (χ1v) is 9.01. The van der Waals surface area contributed by atoms with E-state index in [9.17, 15) is 13.6 Å². The molecule has 0 aliphatic carbocycles. The zero-order chi connectivity index (χ0) is 19.6. The van der Waals surface area contributed by atoms with E-state index in [1.165, 1.54) is 46.8 Å². The van der Waals surface area contributed by atoms with Crippen LogP contribution in [0.15, 0.2) is 36.0 Å². The molecule has 140 valence electrons. The van der Waals surface area contributed by atoms with Crippen molar-refractivity contribution in [3.8, 4) is 11.4 Å². The monoisotopic (exact) mass is 389 g/mol. The number of halogens is 2. The summed E-state index contributed by atoms with van der Waals surface area (Å²) < 4.78 is 27.7. The third-order valence-corrected chi connectivity index (χ3v) is 4.55. The van der Waals surface area contributed by atoms with E-state index in [0.29, 0.717) is 16.4 Å². The van der Waals surface area contributed by atoms with Crippen LogP contribution in [0.1, 0.15) is 24.2 Å². The van der Waals surface area contributed by atoms with Gasteiger partial charge in [-0.2, -0.15) is 0 Å². The minimum atomic E-state index is -0.601. The molecular weight excluding hydrogens is 372 g/mol. The molecule has 0 bridgehead atoms. The molecule has 9 heteroatoms. The molecule has 2 aromatic heterocycles. The summed E-state index contributed by atoms with van der Waals surface area (Å²) in [6.07, 6.45) is 1.26. The smallest absolute Gasteiger partial charge is 0.259 e. The van der Waals surface area contributed by atoms with E-state index in [1.807, 2.05) is 13.8 Å². The van der Waals surface area contributed by atoms with Crippen LogP contribution in [0, 0.1) is 11.6 Å². The Bertz CT molecular complexity index is 959. The molecule has 0 fully saturated rings. The van der Waals surface area contributed by atoms with Crippen molar-refractivity contribution in [3.63, 3.8) is 0 Å². The van der Waals surface area contributed by atoms with Gasteiger partial charge in [-0.3, -0.25) is 9.69 Å². The van der Waals surface area contributed by atoms with Crippen LogP contribution in [0.4, 0.5) is 19.7 Å². The Balaban J connectivity index is 1.86. The maximum atomic E-state index is 14.7. The number of carbonyl (C=O) groups is 1. The molecule has 0 unspecified atom stereocenters. The summed E-state index contributed by atoms with van der Waals surface area (Å²) in [6.45, 7) is 3.75. The van der Waals surface area contributed by atoms with Crippen LogP contribution >= 0.6 is 11.3 Å². The van der Waals surface area contributed by atoms with Crippen LogP contribution in [0.25, 0.3) is 11.4 Å². The standard InChI is InChI=1S/C18H17F2N5OS/c1-10(2)23-16-14(20)15(21-9-22-16)13-8-27-18(24-13)25(3)17(26)11-4-6-12(19)7-5-11/h4-10H,1-3H3,(H,21,22,23). The van der Waals surface area contributed by atoms with Crippen LogP contribution in [-0.2, 0) is 0 Å². The van der Waals surface area contributed by atoms with Crippen molar-refractivity contribution in [3.05, 3.63) is 53.2 Å². The Labute approximate surface area is 158 Å². The molecule has 27 heavy (non-hydrogen) atoms. The molecule has 0 saturated carbocycles. The highest BCUT2D eigenvalue weighted by atomic mass is 32.1. The van der Waals surface area contributed by atoms with E-state index in [1.54, 1.807) is 12.4 Å². The van der Waals surface area contributed by atoms with Crippen molar-refractivity contribution < 1.29 is 13.6 Å². The molecule has 3 rings (SSSR count). The molecule has 0 aliphatic heterocycles. The van der Waals surface area contributed by atoms with Crippen LogP contribution in [0.2, 0.25) is 0 Å². The molecule has 0 atom stereocenters. The normalized spacial score (nSPS) is 10.9. The van der Waals surface area contributed by atoms with E-state index >= 15 is 0 Å². The SMILES string of the molecule is CC(C)Nc1ncnc(-c2csc(N(C)C(=O)c3ccc(F)cc3)n2)c1F. The van der Waals surface area contributed by atoms with Gasteiger partial charge < -0.3 is 5.32 Å². The Hall–Kier alpha value is -2.94. The number of nitrogens with one attached hydrogen (secondary N) is 1. The molecule has 1 N–H and O–H groups in total. The van der Waals surface area contributed by atoms with Crippen molar-refractivity contribution in [2.75, 3.05) is 17.3 Å². The summed E-state index contributed by atoms with van der Waals surface area (Å²) in [5.41, 5.74) is 0.686. The van der Waals surface area contributed by atoms with E-state index in [2.05, 4.69) is 20.3 Å². The van der Waals surface area contributed by atoms with Crippen LogP contribution in [0.5, 0.6) is 0 Å². The van der Waals surface area contributed by atoms with Gasteiger partial charge in [0.1, 0.15) is 23.5 Å². The number of anilines is 2. The zero-order valence-corrected chi connectivity index (χ0v) is 15.7. The number of amides is 1. The van der Waals surface area contributed by atoms with E-state index in [4.69, 9.17) is 0 Å². The first-order valence-electron chi connectivity index (χ1n) is 8.13. The topological polar surface area (TPSA) is 71.0 Å². The second kappa shape index (κ2) is 7.75. The van der Waals surface area contributed by atoms with Gasteiger partial charge in [0.05, 0.1) is 0 Å². The molecule has 3 aromatic rings. The number of benzene rings is 1. The van der Waals surface area contributed by atoms with Crippen molar-refractivity contribution in [2.45, 2.75) is 19.9 Å². The number of aromatic nitrogens is 3. The number of hydrogen-bond donors (Lipinski definition) is 1. The largest absolute Gasteiger partial charge is 0.365 e. The summed E-state index contributed by atoms with van der Waals surface area (Å²) in [5, 5.41) is 4.90. The van der Waals surface area contributed by atoms with E-state index in [-0.39, 0.29) is 23.5 Å². The lowest BCUT2D eigenvalue weighted by atomic mass is 10.2. The number of hydrogen-bond acceptors (Lipinski definition) is 6. The highest BCUT2D eigenvalue weighted by molar-refractivity contribution is 7.14. The van der Waals surface area contributed by atoms with Gasteiger partial charge in [0.15, 0.2) is 16.8 Å². The average Bonchev–Trinajstić information content (AvgIpc) is 3.12. The summed E-state index contributed by atoms with van der Waals surface area (Å²) in [6, 6.07) is 5.24. The van der Waals surface area contributed by atoms with Gasteiger partial charge in [-0.15, -0.1) is 11.3 Å². The molecule has 1 amide bonds. The second-order valence-corrected chi connectivity index (χ2v) is 6.91. The lowest BCUT2D eigenvalue weighted by Crippen LogP contribution is -2.26. The number of nitrogens with zero attached hydrogens (tertiary/aromatic N) is 4. The first-order chi connectivity index (χ1) is 12.9. The number of thiazole rings is 1. The second-order valence-electron chi connectivity index (χ2n) is 6.07. The number of carbonyl (C=O) groups excluding carboxylic acids is 1. The fraction of sp³-hybridized carbons (Fsp3) is 0.222.